The minimum absolute atomic E-state index is 0.331. The van der Waals surface area contributed by atoms with Gasteiger partial charge in [-0.1, -0.05) is 36.1 Å². The quantitative estimate of drug-likeness (QED) is 0.837. The van der Waals surface area contributed by atoms with Gasteiger partial charge in [-0.3, -0.25) is 0 Å². The van der Waals surface area contributed by atoms with Gasteiger partial charge in [-0.2, -0.15) is 0 Å². The average molecular weight is 302 g/mol. The van der Waals surface area contributed by atoms with Crippen molar-refractivity contribution >= 4 is 0 Å². The van der Waals surface area contributed by atoms with Gasteiger partial charge in [0.25, 0.3) is 0 Å². The van der Waals surface area contributed by atoms with E-state index in [-0.39, 0.29) is 0 Å². The van der Waals surface area contributed by atoms with Crippen molar-refractivity contribution in [3.8, 4) is 11.8 Å². The van der Waals surface area contributed by atoms with E-state index < -0.39 is 22.8 Å². The zero-order chi connectivity index (χ0) is 16.4. The van der Waals surface area contributed by atoms with E-state index >= 15 is 0 Å². The van der Waals surface area contributed by atoms with Crippen molar-refractivity contribution in [1.82, 2.24) is 0 Å². The Bertz CT molecular complexity index is 656. The first-order valence-electron chi connectivity index (χ1n) is 6.72. The molecule has 0 atom stereocenters. The molecule has 2 nitrogen and oxygen atoms in total. The second-order valence-corrected chi connectivity index (χ2v) is 5.53. The molecule has 0 aliphatic heterocycles. The highest BCUT2D eigenvalue weighted by atomic mass is 19.1. The molecule has 0 aliphatic rings. The van der Waals surface area contributed by atoms with Crippen LogP contribution in [-0.4, -0.2) is 15.8 Å². The summed E-state index contributed by atoms with van der Waals surface area (Å²) in [5.41, 5.74) is -2.43. The highest BCUT2D eigenvalue weighted by Gasteiger charge is 2.30. The van der Waals surface area contributed by atoms with E-state index in [0.29, 0.717) is 11.1 Å². The summed E-state index contributed by atoms with van der Waals surface area (Å²) in [6.07, 6.45) is 0. The summed E-state index contributed by atoms with van der Waals surface area (Å²) in [7, 11) is 0. The lowest BCUT2D eigenvalue weighted by Crippen LogP contribution is -2.27. The fraction of sp³-hybridized carbons (Fsp3) is 0.222. The summed E-state index contributed by atoms with van der Waals surface area (Å²) >= 11 is 0. The van der Waals surface area contributed by atoms with Gasteiger partial charge in [0.2, 0.25) is 0 Å². The molecule has 0 aromatic heterocycles. The fourth-order valence-corrected chi connectivity index (χ4v) is 1.94. The Morgan fingerprint density at radius 3 is 1.41 bits per heavy atom. The highest BCUT2D eigenvalue weighted by molar-refractivity contribution is 5.45. The van der Waals surface area contributed by atoms with E-state index in [2.05, 4.69) is 11.8 Å². The maximum absolute atomic E-state index is 13.1. The molecule has 0 bridgehead atoms. The first kappa shape index (κ1) is 16.2. The lowest BCUT2D eigenvalue weighted by molar-refractivity contribution is 0.132. The smallest absolute Gasteiger partial charge is 0.176 e. The number of benzene rings is 2. The average Bonchev–Trinajstić information content (AvgIpc) is 2.45. The molecule has 22 heavy (non-hydrogen) atoms. The van der Waals surface area contributed by atoms with Gasteiger partial charge in [-0.25, -0.2) is 8.78 Å². The van der Waals surface area contributed by atoms with Gasteiger partial charge in [0.1, 0.15) is 17.2 Å². The minimum atomic E-state index is -1.78. The molecule has 114 valence electrons. The first-order valence-corrected chi connectivity index (χ1v) is 6.72. The Balaban J connectivity index is 2.59. The van der Waals surface area contributed by atoms with E-state index in [0.717, 1.165) is 0 Å². The van der Waals surface area contributed by atoms with Crippen molar-refractivity contribution in [3.63, 3.8) is 0 Å². The van der Waals surface area contributed by atoms with Gasteiger partial charge in [0, 0.05) is 11.1 Å². The minimum Gasteiger partial charge on any atom is -0.378 e. The molecule has 0 spiro atoms. The zero-order valence-corrected chi connectivity index (χ0v) is 12.3. The summed E-state index contributed by atoms with van der Waals surface area (Å²) in [4.78, 5) is 0. The van der Waals surface area contributed by atoms with Crippen molar-refractivity contribution in [2.75, 3.05) is 0 Å². The van der Waals surface area contributed by atoms with Crippen LogP contribution >= 0.6 is 0 Å². The molecule has 4 heteroatoms. The molecular weight excluding hydrogens is 286 g/mol. The van der Waals surface area contributed by atoms with Crippen LogP contribution in [0.3, 0.4) is 0 Å². The van der Waals surface area contributed by atoms with Gasteiger partial charge in [0.15, 0.2) is 5.60 Å². The van der Waals surface area contributed by atoms with Crippen molar-refractivity contribution in [1.29, 1.82) is 0 Å². The van der Waals surface area contributed by atoms with E-state index in [9.17, 15) is 19.0 Å². The molecule has 2 N–H and O–H groups in total. The maximum Gasteiger partial charge on any atom is 0.176 e. The summed E-state index contributed by atoms with van der Waals surface area (Å²) in [5.74, 6) is 4.29. The van der Waals surface area contributed by atoms with Gasteiger partial charge < -0.3 is 10.2 Å². The van der Waals surface area contributed by atoms with Crippen LogP contribution in [0.1, 0.15) is 25.0 Å². The largest absolute Gasteiger partial charge is 0.378 e. The van der Waals surface area contributed by atoms with Crippen LogP contribution < -0.4 is 0 Å². The van der Waals surface area contributed by atoms with Gasteiger partial charge in [-0.15, -0.1) is 0 Å². The summed E-state index contributed by atoms with van der Waals surface area (Å²) in [5, 5.41) is 20.7. The van der Waals surface area contributed by atoms with Crippen molar-refractivity contribution in [3.05, 3.63) is 71.3 Å². The predicted octanol–water partition coefficient (Wildman–Crippen LogP) is 2.98. The Morgan fingerprint density at radius 2 is 1.09 bits per heavy atom. The lowest BCUT2D eigenvalue weighted by atomic mass is 9.86. The summed E-state index contributed by atoms with van der Waals surface area (Å²) in [6.45, 7) is 2.96. The number of rotatable bonds is 2. The van der Waals surface area contributed by atoms with Crippen LogP contribution in [0.15, 0.2) is 48.5 Å². The van der Waals surface area contributed by atoms with E-state index in [4.69, 9.17) is 0 Å². The van der Waals surface area contributed by atoms with Gasteiger partial charge >= 0.3 is 0 Å². The highest BCUT2D eigenvalue weighted by Crippen LogP contribution is 2.29. The van der Waals surface area contributed by atoms with Crippen molar-refractivity contribution < 1.29 is 19.0 Å². The second-order valence-electron chi connectivity index (χ2n) is 5.53. The normalized spacial score (nSPS) is 11.7. The Labute approximate surface area is 128 Å². The van der Waals surface area contributed by atoms with Gasteiger partial charge in [0.05, 0.1) is 0 Å². The summed E-state index contributed by atoms with van der Waals surface area (Å²) < 4.78 is 26.2. The lowest BCUT2D eigenvalue weighted by Gasteiger charge is -2.24. The predicted molar refractivity (Wildman–Crippen MR) is 79.9 cm³/mol. The third kappa shape index (κ3) is 3.70. The molecular formula is C18H16F2O2. The second kappa shape index (κ2) is 5.88. The monoisotopic (exact) mass is 302 g/mol. The number of aliphatic hydroxyl groups is 2. The SMILES string of the molecule is CC(C)(O)C#CC(O)(c1ccc(F)cc1)c1ccc(F)cc1. The standard InChI is InChI=1S/C18H16F2O2/c1-17(2,21)11-12-18(22,13-3-7-15(19)8-4-13)14-5-9-16(20)10-6-14/h3-10,21-22H,1-2H3. The van der Waals surface area contributed by atoms with Crippen LogP contribution in [0.5, 0.6) is 0 Å². The maximum atomic E-state index is 13.1. The van der Waals surface area contributed by atoms with E-state index in [1.807, 2.05) is 0 Å². The number of hydrogen-bond acceptors (Lipinski definition) is 2. The van der Waals surface area contributed by atoms with Gasteiger partial charge in [-0.05, 0) is 38.1 Å². The molecule has 0 saturated carbocycles. The molecule has 2 aromatic carbocycles. The third-order valence-corrected chi connectivity index (χ3v) is 3.07. The molecule has 0 unspecified atom stereocenters. The van der Waals surface area contributed by atoms with Crippen molar-refractivity contribution in [2.45, 2.75) is 25.0 Å². The Morgan fingerprint density at radius 1 is 0.727 bits per heavy atom. The van der Waals surface area contributed by atoms with E-state index in [1.54, 1.807) is 0 Å². The number of hydrogen-bond donors (Lipinski definition) is 2. The van der Waals surface area contributed by atoms with Crippen molar-refractivity contribution in [2.24, 2.45) is 0 Å². The third-order valence-electron chi connectivity index (χ3n) is 3.07. The molecule has 0 heterocycles. The molecule has 2 aromatic rings. The zero-order valence-electron chi connectivity index (χ0n) is 12.3. The number of halogens is 2. The van der Waals surface area contributed by atoms with Crippen LogP contribution in [0, 0.1) is 23.5 Å². The molecule has 0 aliphatic carbocycles. The molecule has 0 amide bonds. The molecule has 0 radical (unpaired) electrons. The summed E-state index contributed by atoms with van der Waals surface area (Å²) in [6, 6.07) is 10.4. The van der Waals surface area contributed by atoms with Crippen LogP contribution in [0.4, 0.5) is 8.78 Å². The molecule has 2 rings (SSSR count). The van der Waals surface area contributed by atoms with Crippen LogP contribution in [0.2, 0.25) is 0 Å². The topological polar surface area (TPSA) is 40.5 Å². The fourth-order valence-electron chi connectivity index (χ4n) is 1.94. The molecule has 0 fully saturated rings. The Kier molecular flexibility index (Phi) is 4.32. The van der Waals surface area contributed by atoms with Crippen LogP contribution in [0.25, 0.3) is 0 Å². The first-order chi connectivity index (χ1) is 10.2. The molecule has 0 saturated heterocycles. The van der Waals surface area contributed by atoms with Crippen LogP contribution in [-0.2, 0) is 5.60 Å². The Hall–Kier alpha value is -2.22. The van der Waals surface area contributed by atoms with E-state index in [1.165, 1.54) is 62.4 Å².